The van der Waals surface area contributed by atoms with Crippen LogP contribution in [0.5, 0.6) is 0 Å². The van der Waals surface area contributed by atoms with Gasteiger partial charge in [-0.1, -0.05) is 27.7 Å². The highest BCUT2D eigenvalue weighted by Gasteiger charge is 2.62. The Balaban J connectivity index is 2.01. The summed E-state index contributed by atoms with van der Waals surface area (Å²) in [6, 6.07) is 0.633. The van der Waals surface area contributed by atoms with Gasteiger partial charge in [0.2, 0.25) is 0 Å². The van der Waals surface area contributed by atoms with Crippen LogP contribution in [0.2, 0.25) is 0 Å². The Morgan fingerprint density at radius 2 is 1.88 bits per heavy atom. The van der Waals surface area contributed by atoms with Gasteiger partial charge in [-0.3, -0.25) is 0 Å². The largest absolute Gasteiger partial charge is 0.661 e. The third-order valence-electron chi connectivity index (χ3n) is 6.72. The summed E-state index contributed by atoms with van der Waals surface area (Å²) in [5.41, 5.74) is 1.05. The van der Waals surface area contributed by atoms with E-state index in [1.807, 2.05) is 0 Å². The molecule has 4 saturated carbocycles. The van der Waals surface area contributed by atoms with E-state index in [1.54, 1.807) is 0 Å². The molecular formula is C16H28N-. The summed E-state index contributed by atoms with van der Waals surface area (Å²) >= 11 is 0. The molecule has 0 saturated heterocycles. The smallest absolute Gasteiger partial charge is 0.0342 e. The van der Waals surface area contributed by atoms with E-state index in [-0.39, 0.29) is 0 Å². The van der Waals surface area contributed by atoms with Gasteiger partial charge in [-0.05, 0) is 60.2 Å². The lowest BCUT2D eigenvalue weighted by molar-refractivity contribution is -0.0548. The van der Waals surface area contributed by atoms with Crippen LogP contribution in [-0.2, 0) is 0 Å². The molecule has 4 aliphatic carbocycles. The van der Waals surface area contributed by atoms with Crippen LogP contribution in [0.1, 0.15) is 53.4 Å². The molecule has 0 aliphatic heterocycles. The summed E-state index contributed by atoms with van der Waals surface area (Å²) in [7, 11) is 2.07. The molecule has 4 aliphatic rings. The first-order valence-electron chi connectivity index (χ1n) is 7.51. The van der Waals surface area contributed by atoms with Gasteiger partial charge in [0.05, 0.1) is 0 Å². The lowest BCUT2D eigenvalue weighted by Crippen LogP contribution is -2.56. The Morgan fingerprint density at radius 3 is 2.47 bits per heavy atom. The molecule has 0 spiro atoms. The van der Waals surface area contributed by atoms with Gasteiger partial charge in [-0.25, -0.2) is 0 Å². The second-order valence-electron chi connectivity index (χ2n) is 7.95. The second-order valence-corrected chi connectivity index (χ2v) is 7.95. The Kier molecular flexibility index (Phi) is 2.47. The zero-order chi connectivity index (χ0) is 12.4. The molecule has 0 heterocycles. The number of rotatable bonds is 2. The van der Waals surface area contributed by atoms with Gasteiger partial charge < -0.3 is 5.32 Å². The molecule has 0 aromatic rings. The lowest BCUT2D eigenvalue weighted by Gasteiger charge is -2.65. The van der Waals surface area contributed by atoms with Crippen molar-refractivity contribution < 1.29 is 0 Å². The highest BCUT2D eigenvalue weighted by atomic mass is 15.0. The number of nitrogens with zero attached hydrogens (tertiary/aromatic N) is 1. The van der Waals surface area contributed by atoms with Crippen LogP contribution in [0.4, 0.5) is 0 Å². The van der Waals surface area contributed by atoms with Crippen molar-refractivity contribution in [3.05, 3.63) is 5.32 Å². The van der Waals surface area contributed by atoms with Gasteiger partial charge in [0.1, 0.15) is 0 Å². The molecule has 0 amide bonds. The molecule has 0 radical (unpaired) electrons. The summed E-state index contributed by atoms with van der Waals surface area (Å²) in [6.45, 7) is 9.95. The standard InChI is InChI=1S/C16H28N/c1-10(2)11-9-16(4)13-6-7-15(3,8-12(11)13)14(16)17-5/h10-14H,6-9H2,1-5H3/q-1/t11-,12?,13?,14?,15?,16?/m1/s1. The maximum Gasteiger partial charge on any atom is -0.0342 e. The first-order valence-corrected chi connectivity index (χ1v) is 7.51. The van der Waals surface area contributed by atoms with Crippen molar-refractivity contribution in [3.63, 3.8) is 0 Å². The molecule has 0 N–H and O–H groups in total. The molecule has 6 atom stereocenters. The van der Waals surface area contributed by atoms with E-state index < -0.39 is 0 Å². The average Bonchev–Trinajstić information content (AvgIpc) is 2.48. The van der Waals surface area contributed by atoms with Gasteiger partial charge in [-0.15, -0.1) is 6.04 Å². The van der Waals surface area contributed by atoms with E-state index in [1.165, 1.54) is 25.7 Å². The fourth-order valence-electron chi connectivity index (χ4n) is 6.26. The third kappa shape index (κ3) is 1.35. The SMILES string of the molecule is C[N-]C1C2(C)CCC3C(C2)[C@@H](C(C)C)CC31C. The van der Waals surface area contributed by atoms with Crippen molar-refractivity contribution in [2.75, 3.05) is 7.05 Å². The van der Waals surface area contributed by atoms with E-state index in [0.717, 1.165) is 23.7 Å². The number of hydrogen-bond donors (Lipinski definition) is 0. The van der Waals surface area contributed by atoms with Crippen LogP contribution in [0, 0.1) is 34.5 Å². The Labute approximate surface area is 107 Å². The van der Waals surface area contributed by atoms with Gasteiger partial charge in [-0.2, -0.15) is 7.05 Å². The van der Waals surface area contributed by atoms with Crippen LogP contribution in [0.3, 0.4) is 0 Å². The summed E-state index contributed by atoms with van der Waals surface area (Å²) < 4.78 is 0. The third-order valence-corrected chi connectivity index (χ3v) is 6.72. The van der Waals surface area contributed by atoms with Crippen molar-refractivity contribution in [1.82, 2.24) is 0 Å². The lowest BCUT2D eigenvalue weighted by atomic mass is 9.48. The predicted octanol–water partition coefficient (Wildman–Crippen LogP) is 4.48. The summed E-state index contributed by atoms with van der Waals surface area (Å²) in [5.74, 6) is 3.82. The fourth-order valence-corrected chi connectivity index (χ4v) is 6.26. The van der Waals surface area contributed by atoms with E-state index in [9.17, 15) is 0 Å². The van der Waals surface area contributed by atoms with Gasteiger partial charge in [0, 0.05) is 0 Å². The minimum absolute atomic E-state index is 0.520. The zero-order valence-electron chi connectivity index (χ0n) is 12.2. The Morgan fingerprint density at radius 1 is 1.18 bits per heavy atom. The zero-order valence-corrected chi connectivity index (χ0v) is 12.2. The van der Waals surface area contributed by atoms with Gasteiger partial charge in [0.25, 0.3) is 0 Å². The fraction of sp³-hybridized carbons (Fsp3) is 1.00. The van der Waals surface area contributed by atoms with Gasteiger partial charge >= 0.3 is 0 Å². The Hall–Kier alpha value is -0.0400. The normalized spacial score (nSPS) is 56.8. The maximum atomic E-state index is 4.85. The van der Waals surface area contributed by atoms with Crippen molar-refractivity contribution in [1.29, 1.82) is 0 Å². The number of fused-ring (bicyclic) bond motifs is 1. The van der Waals surface area contributed by atoms with Crippen LogP contribution in [0.25, 0.3) is 5.32 Å². The Bertz CT molecular complexity index is 323. The molecule has 4 rings (SSSR count). The molecule has 4 bridgehead atoms. The molecule has 1 heteroatoms. The molecule has 0 aromatic carbocycles. The van der Waals surface area contributed by atoms with Crippen molar-refractivity contribution in [3.8, 4) is 0 Å². The van der Waals surface area contributed by atoms with Crippen LogP contribution >= 0.6 is 0 Å². The van der Waals surface area contributed by atoms with Crippen LogP contribution < -0.4 is 0 Å². The average molecular weight is 234 g/mol. The first-order chi connectivity index (χ1) is 7.92. The van der Waals surface area contributed by atoms with E-state index in [2.05, 4.69) is 34.7 Å². The van der Waals surface area contributed by atoms with Crippen molar-refractivity contribution >= 4 is 0 Å². The second kappa shape index (κ2) is 3.50. The minimum Gasteiger partial charge on any atom is -0.661 e. The van der Waals surface area contributed by atoms with Crippen molar-refractivity contribution in [2.24, 2.45) is 34.5 Å². The van der Waals surface area contributed by atoms with Crippen LogP contribution in [0.15, 0.2) is 0 Å². The molecule has 4 fully saturated rings. The maximum absolute atomic E-state index is 4.85. The van der Waals surface area contributed by atoms with E-state index in [0.29, 0.717) is 16.9 Å². The monoisotopic (exact) mass is 234 g/mol. The van der Waals surface area contributed by atoms with Gasteiger partial charge in [0.15, 0.2) is 0 Å². The molecule has 0 aromatic heterocycles. The van der Waals surface area contributed by atoms with E-state index in [4.69, 9.17) is 5.32 Å². The molecule has 1 nitrogen and oxygen atoms in total. The molecule has 5 unspecified atom stereocenters. The molecule has 17 heavy (non-hydrogen) atoms. The summed E-state index contributed by atoms with van der Waals surface area (Å²) in [5, 5.41) is 4.85. The first kappa shape index (κ1) is 12.0. The quantitative estimate of drug-likeness (QED) is 0.669. The summed E-state index contributed by atoms with van der Waals surface area (Å²) in [4.78, 5) is 0. The number of hydrogen-bond acceptors (Lipinski definition) is 0. The van der Waals surface area contributed by atoms with Crippen LogP contribution in [-0.4, -0.2) is 13.1 Å². The highest BCUT2D eigenvalue weighted by Crippen LogP contribution is 2.71. The minimum atomic E-state index is 0.520. The predicted molar refractivity (Wildman–Crippen MR) is 73.1 cm³/mol. The summed E-state index contributed by atoms with van der Waals surface area (Å²) in [6.07, 6.45) is 5.80. The topological polar surface area (TPSA) is 14.1 Å². The molecule has 98 valence electrons. The molecular weight excluding hydrogens is 206 g/mol. The van der Waals surface area contributed by atoms with E-state index >= 15 is 0 Å². The highest BCUT2D eigenvalue weighted by molar-refractivity contribution is 5.22. The van der Waals surface area contributed by atoms with Crippen molar-refractivity contribution in [2.45, 2.75) is 59.4 Å².